The summed E-state index contributed by atoms with van der Waals surface area (Å²) < 4.78 is 7.15. The SMILES string of the molecule is COc1ccc2c(c1)cc(C(=O)NCCCC(=O)N1CCN(Cc3ccccc3)CC1)n2C. The molecule has 0 aliphatic carbocycles. The van der Waals surface area contributed by atoms with Gasteiger partial charge >= 0.3 is 0 Å². The third-order valence-corrected chi connectivity index (χ3v) is 6.31. The first kappa shape index (κ1) is 22.9. The zero-order valence-electron chi connectivity index (χ0n) is 19.4. The van der Waals surface area contributed by atoms with Crippen LogP contribution < -0.4 is 10.1 Å². The Morgan fingerprint density at radius 1 is 1.00 bits per heavy atom. The number of fused-ring (bicyclic) bond motifs is 1. The first-order valence-electron chi connectivity index (χ1n) is 11.5. The van der Waals surface area contributed by atoms with Crippen molar-refractivity contribution in [2.24, 2.45) is 7.05 Å². The molecule has 2 amide bonds. The van der Waals surface area contributed by atoms with Gasteiger partial charge in [0.25, 0.3) is 5.91 Å². The Kier molecular flexibility index (Phi) is 7.29. The second-order valence-corrected chi connectivity index (χ2v) is 8.52. The predicted octanol–water partition coefficient (Wildman–Crippen LogP) is 3.04. The van der Waals surface area contributed by atoms with Crippen LogP contribution in [0.3, 0.4) is 0 Å². The fourth-order valence-corrected chi connectivity index (χ4v) is 4.36. The molecule has 174 valence electrons. The molecule has 0 saturated carbocycles. The average molecular weight is 449 g/mol. The quantitative estimate of drug-likeness (QED) is 0.538. The van der Waals surface area contributed by atoms with Gasteiger partial charge < -0.3 is 19.5 Å². The highest BCUT2D eigenvalue weighted by molar-refractivity contribution is 5.99. The minimum absolute atomic E-state index is 0.130. The van der Waals surface area contributed by atoms with Crippen molar-refractivity contribution in [1.29, 1.82) is 0 Å². The number of ether oxygens (including phenoxy) is 1. The summed E-state index contributed by atoms with van der Waals surface area (Å²) in [6, 6.07) is 18.1. The molecule has 1 aromatic heterocycles. The number of piperazine rings is 1. The molecule has 1 fully saturated rings. The standard InChI is InChI=1S/C26H32N4O3/c1-28-23-11-10-22(33-2)17-21(23)18-24(28)26(32)27-12-6-9-25(31)30-15-13-29(14-16-30)19-20-7-4-3-5-8-20/h3-5,7-8,10-11,17-18H,6,9,12-16,19H2,1-2H3,(H,27,32). The molecule has 1 saturated heterocycles. The number of amides is 2. The van der Waals surface area contributed by atoms with Crippen LogP contribution >= 0.6 is 0 Å². The van der Waals surface area contributed by atoms with E-state index in [1.54, 1.807) is 7.11 Å². The van der Waals surface area contributed by atoms with E-state index < -0.39 is 0 Å². The molecule has 4 rings (SSSR count). The molecule has 3 aromatic rings. The minimum Gasteiger partial charge on any atom is -0.497 e. The molecule has 0 radical (unpaired) electrons. The number of rotatable bonds is 8. The van der Waals surface area contributed by atoms with E-state index in [0.717, 1.165) is 49.4 Å². The Morgan fingerprint density at radius 2 is 1.76 bits per heavy atom. The Hall–Kier alpha value is -3.32. The summed E-state index contributed by atoms with van der Waals surface area (Å²) in [5.74, 6) is 0.800. The molecule has 1 aliphatic heterocycles. The minimum atomic E-state index is -0.130. The smallest absolute Gasteiger partial charge is 0.267 e. The van der Waals surface area contributed by atoms with Gasteiger partial charge in [0.15, 0.2) is 0 Å². The summed E-state index contributed by atoms with van der Waals surface area (Å²) in [5.41, 5.74) is 2.87. The molecule has 2 heterocycles. The number of aryl methyl sites for hydroxylation is 1. The van der Waals surface area contributed by atoms with E-state index >= 15 is 0 Å². The van der Waals surface area contributed by atoms with Crippen molar-refractivity contribution in [1.82, 2.24) is 19.7 Å². The highest BCUT2D eigenvalue weighted by atomic mass is 16.5. The van der Waals surface area contributed by atoms with Crippen LogP contribution in [-0.4, -0.2) is 66.0 Å². The zero-order valence-corrected chi connectivity index (χ0v) is 19.4. The fourth-order valence-electron chi connectivity index (χ4n) is 4.36. The maximum Gasteiger partial charge on any atom is 0.267 e. The number of carbonyl (C=O) groups excluding carboxylic acids is 2. The lowest BCUT2D eigenvalue weighted by molar-refractivity contribution is -0.133. The molecular weight excluding hydrogens is 416 g/mol. The van der Waals surface area contributed by atoms with Crippen LogP contribution in [0, 0.1) is 0 Å². The van der Waals surface area contributed by atoms with Gasteiger partial charge in [-0.2, -0.15) is 0 Å². The van der Waals surface area contributed by atoms with Crippen molar-refractivity contribution in [2.45, 2.75) is 19.4 Å². The van der Waals surface area contributed by atoms with Crippen LogP contribution in [0.1, 0.15) is 28.9 Å². The summed E-state index contributed by atoms with van der Waals surface area (Å²) in [6.07, 6.45) is 1.08. The molecule has 2 aromatic carbocycles. The number of nitrogens with zero attached hydrogens (tertiary/aromatic N) is 3. The number of hydrogen-bond acceptors (Lipinski definition) is 4. The summed E-state index contributed by atoms with van der Waals surface area (Å²) in [5, 5.41) is 3.91. The average Bonchev–Trinajstić information content (AvgIpc) is 3.18. The van der Waals surface area contributed by atoms with Crippen LogP contribution in [0.4, 0.5) is 0 Å². The summed E-state index contributed by atoms with van der Waals surface area (Å²) in [6.45, 7) is 4.71. The van der Waals surface area contributed by atoms with Crippen molar-refractivity contribution >= 4 is 22.7 Å². The van der Waals surface area contributed by atoms with Gasteiger partial charge in [0.05, 0.1) is 7.11 Å². The first-order valence-corrected chi connectivity index (χ1v) is 11.5. The lowest BCUT2D eigenvalue weighted by Gasteiger charge is -2.34. The lowest BCUT2D eigenvalue weighted by atomic mass is 10.2. The Balaban J connectivity index is 1.19. The predicted molar refractivity (Wildman–Crippen MR) is 129 cm³/mol. The van der Waals surface area contributed by atoms with Gasteiger partial charge in [-0.3, -0.25) is 14.5 Å². The van der Waals surface area contributed by atoms with E-state index in [1.165, 1.54) is 5.56 Å². The van der Waals surface area contributed by atoms with Gasteiger partial charge in [0.1, 0.15) is 11.4 Å². The number of nitrogens with one attached hydrogen (secondary N) is 1. The van der Waals surface area contributed by atoms with Gasteiger partial charge in [-0.25, -0.2) is 0 Å². The Bertz CT molecular complexity index is 1100. The molecule has 0 atom stereocenters. The fraction of sp³-hybridized carbons (Fsp3) is 0.385. The highest BCUT2D eigenvalue weighted by Gasteiger charge is 2.21. The van der Waals surface area contributed by atoms with Gasteiger partial charge in [-0.05, 0) is 36.2 Å². The lowest BCUT2D eigenvalue weighted by Crippen LogP contribution is -2.48. The van der Waals surface area contributed by atoms with Gasteiger partial charge in [0.2, 0.25) is 5.91 Å². The van der Waals surface area contributed by atoms with E-state index in [4.69, 9.17) is 4.74 Å². The maximum atomic E-state index is 12.7. The van der Waals surface area contributed by atoms with Crippen molar-refractivity contribution in [3.05, 3.63) is 65.9 Å². The van der Waals surface area contributed by atoms with Crippen molar-refractivity contribution in [3.8, 4) is 5.75 Å². The number of aromatic nitrogens is 1. The number of benzene rings is 2. The van der Waals surface area contributed by atoms with Crippen LogP contribution in [0.2, 0.25) is 0 Å². The number of methoxy groups -OCH3 is 1. The molecule has 7 heteroatoms. The summed E-state index contributed by atoms with van der Waals surface area (Å²) in [7, 11) is 3.51. The molecule has 1 N–H and O–H groups in total. The van der Waals surface area contributed by atoms with Gasteiger partial charge in [-0.1, -0.05) is 30.3 Å². The molecule has 33 heavy (non-hydrogen) atoms. The van der Waals surface area contributed by atoms with Crippen LogP contribution in [0.15, 0.2) is 54.6 Å². The number of carbonyl (C=O) groups is 2. The second-order valence-electron chi connectivity index (χ2n) is 8.52. The van der Waals surface area contributed by atoms with Gasteiger partial charge in [-0.15, -0.1) is 0 Å². The normalized spacial score (nSPS) is 14.4. The van der Waals surface area contributed by atoms with Crippen molar-refractivity contribution in [3.63, 3.8) is 0 Å². The molecule has 0 bridgehead atoms. The largest absolute Gasteiger partial charge is 0.497 e. The monoisotopic (exact) mass is 448 g/mol. The Morgan fingerprint density at radius 3 is 2.48 bits per heavy atom. The molecule has 1 aliphatic rings. The van der Waals surface area contributed by atoms with E-state index in [0.29, 0.717) is 25.1 Å². The molecule has 0 spiro atoms. The van der Waals surface area contributed by atoms with Crippen LogP contribution in [0.25, 0.3) is 10.9 Å². The third-order valence-electron chi connectivity index (χ3n) is 6.31. The van der Waals surface area contributed by atoms with Crippen molar-refractivity contribution in [2.75, 3.05) is 39.8 Å². The van der Waals surface area contributed by atoms with E-state index in [9.17, 15) is 9.59 Å². The summed E-state index contributed by atoms with van der Waals surface area (Å²) >= 11 is 0. The van der Waals surface area contributed by atoms with E-state index in [-0.39, 0.29) is 11.8 Å². The van der Waals surface area contributed by atoms with Gasteiger partial charge in [0, 0.05) is 63.6 Å². The first-order chi connectivity index (χ1) is 16.0. The topological polar surface area (TPSA) is 66.8 Å². The zero-order chi connectivity index (χ0) is 23.2. The maximum absolute atomic E-state index is 12.7. The summed E-state index contributed by atoms with van der Waals surface area (Å²) in [4.78, 5) is 29.6. The molecule has 0 unspecified atom stereocenters. The van der Waals surface area contributed by atoms with Crippen LogP contribution in [0.5, 0.6) is 5.75 Å². The molecule has 7 nitrogen and oxygen atoms in total. The van der Waals surface area contributed by atoms with E-state index in [2.05, 4.69) is 34.5 Å². The second kappa shape index (κ2) is 10.5. The van der Waals surface area contributed by atoms with E-state index in [1.807, 2.05) is 46.8 Å². The highest BCUT2D eigenvalue weighted by Crippen LogP contribution is 2.23. The molecular formula is C26H32N4O3. The Labute approximate surface area is 194 Å². The van der Waals surface area contributed by atoms with Crippen molar-refractivity contribution < 1.29 is 14.3 Å². The third kappa shape index (κ3) is 5.54. The number of hydrogen-bond donors (Lipinski definition) is 1. The van der Waals surface area contributed by atoms with Crippen LogP contribution in [-0.2, 0) is 18.4 Å².